The molecule has 0 unspecified atom stereocenters. The van der Waals surface area contributed by atoms with E-state index in [4.69, 9.17) is 0 Å². The number of likely N-dealkylation sites (tertiary alicyclic amines) is 1. The first-order valence-electron chi connectivity index (χ1n) is 8.26. The van der Waals surface area contributed by atoms with E-state index in [0.717, 1.165) is 38.0 Å². The number of nitro benzene ring substituents is 1. The van der Waals surface area contributed by atoms with Crippen LogP contribution in [0.4, 0.5) is 5.69 Å². The lowest BCUT2D eigenvalue weighted by Crippen LogP contribution is -2.35. The van der Waals surface area contributed by atoms with Gasteiger partial charge in [0.25, 0.3) is 5.69 Å². The van der Waals surface area contributed by atoms with Gasteiger partial charge in [-0.1, -0.05) is 13.0 Å². The molecule has 134 valence electrons. The van der Waals surface area contributed by atoms with Gasteiger partial charge >= 0.3 is 0 Å². The molecule has 2 rings (SSSR count). The third-order valence-corrected chi connectivity index (χ3v) is 5.97. The van der Waals surface area contributed by atoms with Crippen LogP contribution in [0.15, 0.2) is 23.1 Å². The molecule has 1 aliphatic heterocycles. The summed E-state index contributed by atoms with van der Waals surface area (Å²) in [6, 6.07) is 3.97. The van der Waals surface area contributed by atoms with E-state index in [1.165, 1.54) is 25.0 Å². The normalized spacial score (nSPS) is 17.1. The molecule has 1 N–H and O–H groups in total. The van der Waals surface area contributed by atoms with Crippen LogP contribution in [-0.4, -0.2) is 44.4 Å². The van der Waals surface area contributed by atoms with Crippen molar-refractivity contribution in [1.29, 1.82) is 0 Å². The van der Waals surface area contributed by atoms with Gasteiger partial charge in [0.1, 0.15) is 0 Å². The molecule has 0 radical (unpaired) electrons. The lowest BCUT2D eigenvalue weighted by molar-refractivity contribution is -0.385. The zero-order valence-corrected chi connectivity index (χ0v) is 15.0. The number of hydrogen-bond acceptors (Lipinski definition) is 5. The van der Waals surface area contributed by atoms with Crippen LogP contribution in [0.3, 0.4) is 0 Å². The molecule has 8 heteroatoms. The van der Waals surface area contributed by atoms with Crippen LogP contribution in [0.25, 0.3) is 0 Å². The molecule has 1 aromatic rings. The van der Waals surface area contributed by atoms with Gasteiger partial charge in [0, 0.05) is 18.2 Å². The van der Waals surface area contributed by atoms with Gasteiger partial charge in [-0.25, -0.2) is 13.1 Å². The third-order valence-electron chi connectivity index (χ3n) is 4.51. The van der Waals surface area contributed by atoms with Gasteiger partial charge in [-0.15, -0.1) is 0 Å². The van der Waals surface area contributed by atoms with E-state index < -0.39 is 14.9 Å². The van der Waals surface area contributed by atoms with Gasteiger partial charge in [-0.2, -0.15) is 0 Å². The highest BCUT2D eigenvalue weighted by Crippen LogP contribution is 2.22. The van der Waals surface area contributed by atoms with Crippen molar-refractivity contribution in [3.8, 4) is 0 Å². The van der Waals surface area contributed by atoms with Gasteiger partial charge in [0.05, 0.1) is 9.82 Å². The first kappa shape index (κ1) is 18.8. The molecule has 1 aromatic carbocycles. The Morgan fingerprint density at radius 1 is 1.33 bits per heavy atom. The summed E-state index contributed by atoms with van der Waals surface area (Å²) in [6.45, 7) is 7.17. The van der Waals surface area contributed by atoms with Crippen LogP contribution in [0, 0.1) is 23.0 Å². The summed E-state index contributed by atoms with van der Waals surface area (Å²) in [6.07, 6.45) is 3.11. The molecule has 0 atom stereocenters. The van der Waals surface area contributed by atoms with Crippen LogP contribution >= 0.6 is 0 Å². The highest BCUT2D eigenvalue weighted by molar-refractivity contribution is 7.89. The lowest BCUT2D eigenvalue weighted by atomic mass is 9.99. The summed E-state index contributed by atoms with van der Waals surface area (Å²) in [5.41, 5.74) is 0.263. The van der Waals surface area contributed by atoms with E-state index in [-0.39, 0.29) is 10.6 Å². The van der Waals surface area contributed by atoms with Gasteiger partial charge in [0.15, 0.2) is 0 Å². The van der Waals surface area contributed by atoms with Crippen molar-refractivity contribution >= 4 is 15.7 Å². The van der Waals surface area contributed by atoms with Crippen molar-refractivity contribution in [2.24, 2.45) is 5.92 Å². The number of nitrogens with one attached hydrogen (secondary N) is 1. The number of nitrogens with zero attached hydrogens (tertiary/aromatic N) is 2. The molecule has 0 saturated carbocycles. The number of hydrogen-bond donors (Lipinski definition) is 1. The predicted octanol–water partition coefficient (Wildman–Crippen LogP) is 2.30. The molecule has 0 amide bonds. The van der Waals surface area contributed by atoms with Crippen LogP contribution in [-0.2, 0) is 10.0 Å². The minimum absolute atomic E-state index is 0.0633. The maximum Gasteiger partial charge on any atom is 0.273 e. The highest BCUT2D eigenvalue weighted by atomic mass is 32.2. The second kappa shape index (κ2) is 8.04. The predicted molar refractivity (Wildman–Crippen MR) is 92.5 cm³/mol. The molecular formula is C16H25N3O4S. The van der Waals surface area contributed by atoms with Crippen molar-refractivity contribution < 1.29 is 13.3 Å². The van der Waals surface area contributed by atoms with Crippen LogP contribution in [0.2, 0.25) is 0 Å². The standard InChI is InChI=1S/C16H25N3O4S/c1-13-6-10-18(11-7-13)9-3-8-17-24(22,23)15-5-4-14(2)16(12-15)19(20)21/h4-5,12-13,17H,3,6-11H2,1-2H3. The zero-order valence-electron chi connectivity index (χ0n) is 14.2. The Morgan fingerprint density at radius 2 is 2.00 bits per heavy atom. The molecule has 0 aliphatic carbocycles. The average molecular weight is 355 g/mol. The minimum atomic E-state index is -3.72. The quantitative estimate of drug-likeness (QED) is 0.460. The minimum Gasteiger partial charge on any atom is -0.303 e. The number of nitro groups is 1. The Hall–Kier alpha value is -1.51. The van der Waals surface area contributed by atoms with E-state index >= 15 is 0 Å². The number of rotatable bonds is 7. The second-order valence-electron chi connectivity index (χ2n) is 6.48. The van der Waals surface area contributed by atoms with Crippen molar-refractivity contribution in [3.05, 3.63) is 33.9 Å². The number of benzene rings is 1. The summed E-state index contributed by atoms with van der Waals surface area (Å²) >= 11 is 0. The van der Waals surface area contributed by atoms with Gasteiger partial charge in [0.2, 0.25) is 10.0 Å². The van der Waals surface area contributed by atoms with E-state index in [0.29, 0.717) is 12.1 Å². The zero-order chi connectivity index (χ0) is 17.7. The molecule has 0 spiro atoms. The molecule has 1 aliphatic rings. The van der Waals surface area contributed by atoms with Crippen LogP contribution in [0.5, 0.6) is 0 Å². The summed E-state index contributed by atoms with van der Waals surface area (Å²) in [4.78, 5) is 12.7. The molecule has 0 aromatic heterocycles. The Balaban J connectivity index is 1.87. The maximum atomic E-state index is 12.3. The summed E-state index contributed by atoms with van der Waals surface area (Å²) in [7, 11) is -3.72. The molecule has 7 nitrogen and oxygen atoms in total. The summed E-state index contributed by atoms with van der Waals surface area (Å²) in [5, 5.41) is 10.9. The van der Waals surface area contributed by atoms with Crippen molar-refractivity contribution in [2.45, 2.75) is 38.0 Å². The van der Waals surface area contributed by atoms with Crippen molar-refractivity contribution in [1.82, 2.24) is 9.62 Å². The Morgan fingerprint density at radius 3 is 2.62 bits per heavy atom. The monoisotopic (exact) mass is 355 g/mol. The smallest absolute Gasteiger partial charge is 0.273 e. The SMILES string of the molecule is Cc1ccc(S(=O)(=O)NCCCN2CCC(C)CC2)cc1[N+](=O)[O-]. The lowest BCUT2D eigenvalue weighted by Gasteiger charge is -2.30. The Kier molecular flexibility index (Phi) is 6.31. The Labute approximate surface area is 143 Å². The van der Waals surface area contributed by atoms with E-state index in [1.807, 2.05) is 0 Å². The molecule has 0 bridgehead atoms. The second-order valence-corrected chi connectivity index (χ2v) is 8.25. The molecule has 24 heavy (non-hydrogen) atoms. The molecular weight excluding hydrogens is 330 g/mol. The number of sulfonamides is 1. The average Bonchev–Trinajstić information content (AvgIpc) is 2.53. The fourth-order valence-corrected chi connectivity index (χ4v) is 3.92. The fourth-order valence-electron chi connectivity index (χ4n) is 2.83. The maximum absolute atomic E-state index is 12.3. The van der Waals surface area contributed by atoms with Gasteiger partial charge in [-0.05, 0) is 57.8 Å². The topological polar surface area (TPSA) is 92.6 Å². The third kappa shape index (κ3) is 4.99. The molecule has 1 fully saturated rings. The van der Waals surface area contributed by atoms with Crippen molar-refractivity contribution in [2.75, 3.05) is 26.2 Å². The first-order chi connectivity index (χ1) is 11.3. The number of piperidine rings is 1. The van der Waals surface area contributed by atoms with E-state index in [9.17, 15) is 18.5 Å². The molecule has 1 saturated heterocycles. The Bertz CT molecular complexity index is 683. The van der Waals surface area contributed by atoms with Crippen LogP contribution in [0.1, 0.15) is 31.7 Å². The van der Waals surface area contributed by atoms with Crippen LogP contribution < -0.4 is 4.72 Å². The number of aryl methyl sites for hydroxylation is 1. The van der Waals surface area contributed by atoms with Gasteiger partial charge < -0.3 is 4.90 Å². The fraction of sp³-hybridized carbons (Fsp3) is 0.625. The van der Waals surface area contributed by atoms with Gasteiger partial charge in [-0.3, -0.25) is 10.1 Å². The molecule has 1 heterocycles. The summed E-state index contributed by atoms with van der Waals surface area (Å²) < 4.78 is 27.1. The first-order valence-corrected chi connectivity index (χ1v) is 9.75. The largest absolute Gasteiger partial charge is 0.303 e. The van der Waals surface area contributed by atoms with Crippen molar-refractivity contribution in [3.63, 3.8) is 0 Å². The highest BCUT2D eigenvalue weighted by Gasteiger charge is 2.20. The van der Waals surface area contributed by atoms with E-state index in [2.05, 4.69) is 16.5 Å². The van der Waals surface area contributed by atoms with E-state index in [1.54, 1.807) is 6.92 Å². The summed E-state index contributed by atoms with van der Waals surface area (Å²) in [5.74, 6) is 0.775.